The molecule has 3 aliphatic heterocycles. The topological polar surface area (TPSA) is 9.72 Å². The Balaban J connectivity index is 1.16. The molecular formula is C68H66BN3S. The van der Waals surface area contributed by atoms with Crippen molar-refractivity contribution in [2.45, 2.75) is 105 Å². The Morgan fingerprint density at radius 1 is 0.493 bits per heavy atom. The smallest absolute Gasteiger partial charge is 0.264 e. The zero-order valence-corrected chi connectivity index (χ0v) is 45.1. The summed E-state index contributed by atoms with van der Waals surface area (Å²) >= 11 is 2.03. The van der Waals surface area contributed by atoms with Gasteiger partial charge in [0.15, 0.2) is 0 Å². The summed E-state index contributed by atoms with van der Waals surface area (Å²) in [5.41, 5.74) is 24.9. The summed E-state index contributed by atoms with van der Waals surface area (Å²) in [6, 6.07) is 66.0. The fraction of sp³-hybridized carbons (Fsp3) is 0.265. The lowest BCUT2D eigenvalue weighted by atomic mass is 9.36. The molecule has 0 unspecified atom stereocenters. The van der Waals surface area contributed by atoms with E-state index in [1.54, 1.807) is 0 Å². The van der Waals surface area contributed by atoms with Gasteiger partial charge in [-0.3, -0.25) is 0 Å². The Morgan fingerprint density at radius 3 is 1.84 bits per heavy atom. The standard InChI is InChI=1S/C68H66BN3S/c1-65(2,3)47-25-29-51(30-26-47)71-59-39-52(70-34-33-44-21-17-18-24-56(44)70)40-60-62(59)69(64-63(71)54-35-45-41-67(7,8)42-46(45)36-61(54)73-64)55-31-27-50(68(9,10)48-22-15-12-16-23-48)38-58(55)72(60)57-32-28-49(66(4,5)6)37-53(57)43-19-13-11-14-20-43/h11-32,35-40H,33-34,41-42H2,1-10H3. The predicted octanol–water partition coefficient (Wildman–Crippen LogP) is 16.4. The molecule has 3 nitrogen and oxygen atoms in total. The summed E-state index contributed by atoms with van der Waals surface area (Å²) in [4.78, 5) is 7.97. The second kappa shape index (κ2) is 16.3. The van der Waals surface area contributed by atoms with E-state index in [9.17, 15) is 0 Å². The zero-order chi connectivity index (χ0) is 50.3. The lowest BCUT2D eigenvalue weighted by Gasteiger charge is -2.45. The molecule has 0 saturated carbocycles. The first-order valence-corrected chi connectivity index (χ1v) is 27.5. The van der Waals surface area contributed by atoms with Crippen molar-refractivity contribution in [1.29, 1.82) is 0 Å². The fourth-order valence-electron chi connectivity index (χ4n) is 12.9. The number of hydrogen-bond acceptors (Lipinski definition) is 4. The molecule has 362 valence electrons. The molecule has 73 heavy (non-hydrogen) atoms. The molecule has 1 aliphatic carbocycles. The molecule has 0 amide bonds. The summed E-state index contributed by atoms with van der Waals surface area (Å²) in [5, 5.41) is 1.37. The van der Waals surface area contributed by atoms with Crippen LogP contribution in [-0.4, -0.2) is 13.3 Å². The van der Waals surface area contributed by atoms with E-state index in [4.69, 9.17) is 0 Å². The summed E-state index contributed by atoms with van der Waals surface area (Å²) < 4.78 is 2.81. The number of fused-ring (bicyclic) bond motifs is 8. The number of thiophene rings is 1. The van der Waals surface area contributed by atoms with Gasteiger partial charge in [0.05, 0.1) is 11.4 Å². The number of para-hydroxylation sites is 1. The van der Waals surface area contributed by atoms with E-state index in [0.29, 0.717) is 0 Å². The molecule has 1 aromatic heterocycles. The lowest BCUT2D eigenvalue weighted by molar-refractivity contribution is 0.392. The average Bonchev–Trinajstić information content (AvgIpc) is 4.07. The van der Waals surface area contributed by atoms with Crippen LogP contribution < -0.4 is 30.4 Å². The molecule has 13 rings (SSSR count). The zero-order valence-electron chi connectivity index (χ0n) is 44.3. The highest BCUT2D eigenvalue weighted by Crippen LogP contribution is 2.53. The number of hydrogen-bond donors (Lipinski definition) is 0. The summed E-state index contributed by atoms with van der Waals surface area (Å²) in [7, 11) is 0. The monoisotopic (exact) mass is 968 g/mol. The molecule has 0 saturated heterocycles. The largest absolute Gasteiger partial charge is 0.341 e. The number of benzene rings is 8. The van der Waals surface area contributed by atoms with Crippen molar-refractivity contribution >= 4 is 89.3 Å². The normalized spacial score (nSPS) is 15.6. The fourth-order valence-corrected chi connectivity index (χ4v) is 14.2. The molecule has 0 fully saturated rings. The van der Waals surface area contributed by atoms with Gasteiger partial charge in [-0.05, 0) is 152 Å². The van der Waals surface area contributed by atoms with E-state index in [0.717, 1.165) is 25.8 Å². The molecule has 0 N–H and O–H groups in total. The van der Waals surface area contributed by atoms with Gasteiger partial charge < -0.3 is 14.7 Å². The van der Waals surface area contributed by atoms with Gasteiger partial charge in [-0.25, -0.2) is 0 Å². The third kappa shape index (κ3) is 7.43. The SMILES string of the molecule is CC1(C)Cc2cc3sc4c(c3cc2C1)N(c1ccc(C(C)(C)C)cc1)c1cc(N2CCc3ccccc32)cc2c1B4c1ccc(C(C)(C)c3ccccc3)cc1N2c1ccc(C(C)(C)C)cc1-c1ccccc1. The number of anilines is 8. The van der Waals surface area contributed by atoms with Crippen molar-refractivity contribution in [3.63, 3.8) is 0 Å². The lowest BCUT2D eigenvalue weighted by Crippen LogP contribution is -2.60. The van der Waals surface area contributed by atoms with Crippen molar-refractivity contribution in [2.24, 2.45) is 5.41 Å². The van der Waals surface area contributed by atoms with Gasteiger partial charge >= 0.3 is 0 Å². The molecule has 0 spiro atoms. The Morgan fingerprint density at radius 2 is 1.12 bits per heavy atom. The molecule has 0 atom stereocenters. The van der Waals surface area contributed by atoms with Crippen LogP contribution in [0.3, 0.4) is 0 Å². The Kier molecular flexibility index (Phi) is 10.3. The van der Waals surface area contributed by atoms with Crippen molar-refractivity contribution in [1.82, 2.24) is 0 Å². The Bertz CT molecular complexity index is 3660. The minimum atomic E-state index is -0.257. The third-order valence-corrected chi connectivity index (χ3v) is 18.1. The molecule has 8 aromatic carbocycles. The minimum Gasteiger partial charge on any atom is -0.341 e. The van der Waals surface area contributed by atoms with Crippen LogP contribution in [0.2, 0.25) is 0 Å². The van der Waals surface area contributed by atoms with Crippen molar-refractivity contribution in [2.75, 3.05) is 21.2 Å². The van der Waals surface area contributed by atoms with Crippen LogP contribution in [0.4, 0.5) is 45.5 Å². The summed E-state index contributed by atoms with van der Waals surface area (Å²) in [6.07, 6.45) is 3.23. The van der Waals surface area contributed by atoms with Crippen molar-refractivity contribution in [3.8, 4) is 11.1 Å². The van der Waals surface area contributed by atoms with E-state index in [-0.39, 0.29) is 28.4 Å². The van der Waals surface area contributed by atoms with Gasteiger partial charge in [-0.2, -0.15) is 0 Å². The first-order chi connectivity index (χ1) is 34.9. The second-order valence-electron chi connectivity index (χ2n) is 24.9. The molecular weight excluding hydrogens is 902 g/mol. The highest BCUT2D eigenvalue weighted by molar-refractivity contribution is 7.33. The quantitative estimate of drug-likeness (QED) is 0.154. The van der Waals surface area contributed by atoms with E-state index in [2.05, 4.69) is 254 Å². The Hall–Kier alpha value is -6.82. The maximum absolute atomic E-state index is 2.69. The van der Waals surface area contributed by atoms with Gasteiger partial charge in [0.2, 0.25) is 0 Å². The maximum atomic E-state index is 2.69. The van der Waals surface area contributed by atoms with E-state index >= 15 is 0 Å². The van der Waals surface area contributed by atoms with Gasteiger partial charge in [0, 0.05) is 66.5 Å². The first-order valence-electron chi connectivity index (χ1n) is 26.7. The highest BCUT2D eigenvalue weighted by atomic mass is 32.1. The molecule has 4 heterocycles. The third-order valence-electron chi connectivity index (χ3n) is 16.9. The van der Waals surface area contributed by atoms with Gasteiger partial charge in [-0.15, -0.1) is 11.3 Å². The second-order valence-corrected chi connectivity index (χ2v) is 26.0. The number of nitrogens with zero attached hydrogens (tertiary/aromatic N) is 3. The van der Waals surface area contributed by atoms with Crippen molar-refractivity contribution < 1.29 is 0 Å². The molecule has 5 heteroatoms. The Labute approximate surface area is 438 Å². The van der Waals surface area contributed by atoms with Crippen LogP contribution in [0.25, 0.3) is 21.2 Å². The van der Waals surface area contributed by atoms with Gasteiger partial charge in [-0.1, -0.05) is 178 Å². The molecule has 0 radical (unpaired) electrons. The average molecular weight is 968 g/mol. The first kappa shape index (κ1) is 46.0. The summed E-state index contributed by atoms with van der Waals surface area (Å²) in [5.74, 6) is 0. The maximum Gasteiger partial charge on any atom is 0.264 e. The van der Waals surface area contributed by atoms with E-state index < -0.39 is 0 Å². The van der Waals surface area contributed by atoms with Crippen LogP contribution in [0.5, 0.6) is 0 Å². The molecule has 0 bridgehead atoms. The van der Waals surface area contributed by atoms with Crippen LogP contribution in [0.15, 0.2) is 170 Å². The van der Waals surface area contributed by atoms with Crippen LogP contribution in [0.1, 0.15) is 108 Å². The van der Waals surface area contributed by atoms with Gasteiger partial charge in [0.25, 0.3) is 6.71 Å². The minimum absolute atomic E-state index is 0.00264. The number of rotatable bonds is 6. The van der Waals surface area contributed by atoms with Crippen LogP contribution in [-0.2, 0) is 35.5 Å². The molecule has 4 aliphatic rings. The van der Waals surface area contributed by atoms with E-state index in [1.807, 2.05) is 11.3 Å². The summed E-state index contributed by atoms with van der Waals surface area (Å²) in [6.45, 7) is 24.6. The highest BCUT2D eigenvalue weighted by Gasteiger charge is 2.47. The van der Waals surface area contributed by atoms with Crippen LogP contribution >= 0.6 is 11.3 Å². The van der Waals surface area contributed by atoms with Crippen LogP contribution in [0, 0.1) is 5.41 Å². The predicted molar refractivity (Wildman–Crippen MR) is 316 cm³/mol. The van der Waals surface area contributed by atoms with E-state index in [1.165, 1.54) is 121 Å². The van der Waals surface area contributed by atoms with Gasteiger partial charge in [0.1, 0.15) is 0 Å². The molecule has 9 aromatic rings. The van der Waals surface area contributed by atoms with Crippen molar-refractivity contribution in [3.05, 3.63) is 209 Å².